The third kappa shape index (κ3) is 2.66. The number of amides is 1. The van der Waals surface area contributed by atoms with E-state index in [1.54, 1.807) is 11.3 Å². The first-order valence-corrected chi connectivity index (χ1v) is 6.93. The van der Waals surface area contributed by atoms with Crippen LogP contribution in [0.4, 0.5) is 5.13 Å². The normalized spacial score (nSPS) is 16.0. The molecule has 3 N–H and O–H groups in total. The Kier molecular flexibility index (Phi) is 3.79. The number of rotatable bonds is 4. The van der Waals surface area contributed by atoms with E-state index in [2.05, 4.69) is 10.3 Å². The summed E-state index contributed by atoms with van der Waals surface area (Å²) in [4.78, 5) is 17.8. The van der Waals surface area contributed by atoms with Crippen molar-refractivity contribution in [2.45, 2.75) is 33.1 Å². The first-order valence-electron chi connectivity index (χ1n) is 6.11. The monoisotopic (exact) mass is 253 g/mol. The third-order valence-electron chi connectivity index (χ3n) is 3.22. The first kappa shape index (κ1) is 12.5. The van der Waals surface area contributed by atoms with Crippen LogP contribution in [-0.2, 0) is 17.6 Å². The van der Waals surface area contributed by atoms with Crippen LogP contribution in [0.5, 0.6) is 0 Å². The highest BCUT2D eigenvalue weighted by molar-refractivity contribution is 7.15. The standard InChI is InChI=1S/C12H19N3OS/c1-7(2)8(6-13)11(16)15-12-14-9-4-3-5-10(9)17-12/h7-8H,3-6,13H2,1-2H3,(H,14,15,16). The van der Waals surface area contributed by atoms with Gasteiger partial charge in [0.2, 0.25) is 5.91 Å². The van der Waals surface area contributed by atoms with Crippen LogP contribution in [0.25, 0.3) is 0 Å². The minimum atomic E-state index is -0.131. The van der Waals surface area contributed by atoms with Crippen LogP contribution >= 0.6 is 11.3 Å². The minimum absolute atomic E-state index is 0.00470. The number of thiazole rings is 1. The molecule has 1 heterocycles. The number of aryl methyl sites for hydroxylation is 2. The molecular weight excluding hydrogens is 234 g/mol. The van der Waals surface area contributed by atoms with Crippen molar-refractivity contribution in [3.63, 3.8) is 0 Å². The van der Waals surface area contributed by atoms with E-state index in [1.807, 2.05) is 13.8 Å². The zero-order chi connectivity index (χ0) is 12.4. The van der Waals surface area contributed by atoms with Crippen molar-refractivity contribution in [2.75, 3.05) is 11.9 Å². The second-order valence-electron chi connectivity index (χ2n) is 4.82. The van der Waals surface area contributed by atoms with E-state index < -0.39 is 0 Å². The number of aromatic nitrogens is 1. The smallest absolute Gasteiger partial charge is 0.230 e. The minimum Gasteiger partial charge on any atom is -0.330 e. The van der Waals surface area contributed by atoms with Gasteiger partial charge in [0, 0.05) is 11.4 Å². The van der Waals surface area contributed by atoms with Crippen LogP contribution in [-0.4, -0.2) is 17.4 Å². The number of fused-ring (bicyclic) bond motifs is 1. The van der Waals surface area contributed by atoms with E-state index in [0.29, 0.717) is 6.54 Å². The molecule has 0 saturated heterocycles. The fraction of sp³-hybridized carbons (Fsp3) is 0.667. The predicted molar refractivity (Wildman–Crippen MR) is 70.2 cm³/mol. The van der Waals surface area contributed by atoms with Gasteiger partial charge in [0.05, 0.1) is 11.6 Å². The van der Waals surface area contributed by atoms with Gasteiger partial charge in [0.1, 0.15) is 0 Å². The molecule has 4 nitrogen and oxygen atoms in total. The van der Waals surface area contributed by atoms with Gasteiger partial charge in [-0.05, 0) is 25.2 Å². The summed E-state index contributed by atoms with van der Waals surface area (Å²) in [6.45, 7) is 4.41. The second-order valence-corrected chi connectivity index (χ2v) is 5.90. The molecule has 1 unspecified atom stereocenters. The molecule has 5 heteroatoms. The van der Waals surface area contributed by atoms with Gasteiger partial charge in [-0.25, -0.2) is 4.98 Å². The lowest BCUT2D eigenvalue weighted by atomic mass is 9.95. The van der Waals surface area contributed by atoms with Gasteiger partial charge in [-0.1, -0.05) is 13.8 Å². The molecule has 1 amide bonds. The fourth-order valence-electron chi connectivity index (χ4n) is 2.12. The van der Waals surface area contributed by atoms with Gasteiger partial charge in [-0.3, -0.25) is 4.79 Å². The molecule has 0 fully saturated rings. The molecule has 0 aromatic carbocycles. The van der Waals surface area contributed by atoms with Crippen LogP contribution in [0, 0.1) is 11.8 Å². The summed E-state index contributed by atoms with van der Waals surface area (Å²) in [6.07, 6.45) is 3.35. The van der Waals surface area contributed by atoms with E-state index in [9.17, 15) is 4.79 Å². The summed E-state index contributed by atoms with van der Waals surface area (Å²) in [7, 11) is 0. The maximum Gasteiger partial charge on any atom is 0.230 e. The Morgan fingerprint density at radius 3 is 2.88 bits per heavy atom. The van der Waals surface area contributed by atoms with Crippen LogP contribution in [0.15, 0.2) is 0 Å². The summed E-state index contributed by atoms with van der Waals surface area (Å²) in [5.74, 6) is 0.121. The molecule has 0 radical (unpaired) electrons. The Balaban J connectivity index is 2.02. The quantitative estimate of drug-likeness (QED) is 0.859. The van der Waals surface area contributed by atoms with E-state index in [1.165, 1.54) is 17.0 Å². The second kappa shape index (κ2) is 5.14. The van der Waals surface area contributed by atoms with Crippen LogP contribution in [0.3, 0.4) is 0 Å². The topological polar surface area (TPSA) is 68.0 Å². The maximum absolute atomic E-state index is 12.0. The lowest BCUT2D eigenvalue weighted by molar-refractivity contribution is -0.120. The van der Waals surface area contributed by atoms with Crippen molar-refractivity contribution >= 4 is 22.4 Å². The summed E-state index contributed by atoms with van der Waals surface area (Å²) in [6, 6.07) is 0. The number of nitrogens with one attached hydrogen (secondary N) is 1. The average Bonchev–Trinajstić information content (AvgIpc) is 2.77. The highest BCUT2D eigenvalue weighted by Gasteiger charge is 2.23. The molecule has 0 bridgehead atoms. The molecule has 1 aliphatic rings. The Bertz CT molecular complexity index is 392. The number of carbonyl (C=O) groups excluding carboxylic acids is 1. The summed E-state index contributed by atoms with van der Waals surface area (Å²) in [5, 5.41) is 3.63. The molecule has 1 atom stereocenters. The van der Waals surface area contributed by atoms with Crippen molar-refractivity contribution in [3.8, 4) is 0 Å². The lowest BCUT2D eigenvalue weighted by Crippen LogP contribution is -2.33. The molecule has 2 rings (SSSR count). The van der Waals surface area contributed by atoms with Crippen LogP contribution in [0.1, 0.15) is 30.8 Å². The predicted octanol–water partition coefficient (Wildman–Crippen LogP) is 1.80. The highest BCUT2D eigenvalue weighted by Crippen LogP contribution is 2.30. The number of nitrogens with two attached hydrogens (primary N) is 1. The third-order valence-corrected chi connectivity index (χ3v) is 4.29. The SMILES string of the molecule is CC(C)C(CN)C(=O)Nc1nc2c(s1)CCC2. The van der Waals surface area contributed by atoms with Crippen molar-refractivity contribution in [1.82, 2.24) is 4.98 Å². The number of hydrogen-bond donors (Lipinski definition) is 2. The molecule has 0 saturated carbocycles. The van der Waals surface area contributed by atoms with Crippen molar-refractivity contribution in [1.29, 1.82) is 0 Å². The molecular formula is C12H19N3OS. The Hall–Kier alpha value is -0.940. The van der Waals surface area contributed by atoms with Gasteiger partial charge in [-0.15, -0.1) is 11.3 Å². The summed E-state index contributed by atoms with van der Waals surface area (Å²) < 4.78 is 0. The number of hydrogen-bond acceptors (Lipinski definition) is 4. The molecule has 1 aliphatic carbocycles. The van der Waals surface area contributed by atoms with Gasteiger partial charge in [0.25, 0.3) is 0 Å². The fourth-order valence-corrected chi connectivity index (χ4v) is 3.18. The Labute approximate surface area is 106 Å². The van der Waals surface area contributed by atoms with Gasteiger partial charge in [-0.2, -0.15) is 0 Å². The van der Waals surface area contributed by atoms with E-state index in [-0.39, 0.29) is 17.7 Å². The van der Waals surface area contributed by atoms with E-state index >= 15 is 0 Å². The summed E-state index contributed by atoms with van der Waals surface area (Å²) in [5.41, 5.74) is 6.79. The van der Waals surface area contributed by atoms with Gasteiger partial charge >= 0.3 is 0 Å². The van der Waals surface area contributed by atoms with Gasteiger partial charge in [0.15, 0.2) is 5.13 Å². The molecule has 17 heavy (non-hydrogen) atoms. The largest absolute Gasteiger partial charge is 0.330 e. The zero-order valence-corrected chi connectivity index (χ0v) is 11.1. The van der Waals surface area contributed by atoms with Crippen molar-refractivity contribution in [3.05, 3.63) is 10.6 Å². The molecule has 94 valence electrons. The molecule has 1 aromatic rings. The number of nitrogens with zero attached hydrogens (tertiary/aromatic N) is 1. The number of carbonyl (C=O) groups is 1. The lowest BCUT2D eigenvalue weighted by Gasteiger charge is -2.17. The molecule has 0 spiro atoms. The maximum atomic E-state index is 12.0. The molecule has 0 aliphatic heterocycles. The first-order chi connectivity index (χ1) is 8.11. The molecule has 1 aromatic heterocycles. The van der Waals surface area contributed by atoms with E-state index in [0.717, 1.165) is 18.0 Å². The highest BCUT2D eigenvalue weighted by atomic mass is 32.1. The Morgan fingerprint density at radius 1 is 1.53 bits per heavy atom. The van der Waals surface area contributed by atoms with Crippen LogP contribution in [0.2, 0.25) is 0 Å². The van der Waals surface area contributed by atoms with Gasteiger partial charge < -0.3 is 11.1 Å². The zero-order valence-electron chi connectivity index (χ0n) is 10.3. The number of anilines is 1. The van der Waals surface area contributed by atoms with E-state index in [4.69, 9.17) is 5.73 Å². The average molecular weight is 253 g/mol. The van der Waals surface area contributed by atoms with Crippen LogP contribution < -0.4 is 11.1 Å². The summed E-state index contributed by atoms with van der Waals surface area (Å²) >= 11 is 1.61. The van der Waals surface area contributed by atoms with Crippen molar-refractivity contribution < 1.29 is 4.79 Å². The Morgan fingerprint density at radius 2 is 2.29 bits per heavy atom. The van der Waals surface area contributed by atoms with Crippen molar-refractivity contribution in [2.24, 2.45) is 17.6 Å².